The van der Waals surface area contributed by atoms with Crippen LogP contribution in [0.25, 0.3) is 0 Å². The molecule has 2 rings (SSSR count). The third kappa shape index (κ3) is 3.30. The van der Waals surface area contributed by atoms with Crippen LogP contribution >= 0.6 is 0 Å². The van der Waals surface area contributed by atoms with Crippen LogP contribution < -0.4 is 5.32 Å². The summed E-state index contributed by atoms with van der Waals surface area (Å²) in [7, 11) is 3.55. The maximum atomic E-state index is 12.1. The van der Waals surface area contributed by atoms with Gasteiger partial charge >= 0.3 is 0 Å². The van der Waals surface area contributed by atoms with Crippen molar-refractivity contribution in [2.24, 2.45) is 0 Å². The zero-order valence-electron chi connectivity index (χ0n) is 11.7. The summed E-state index contributed by atoms with van der Waals surface area (Å²) in [6.45, 7) is 4.82. The van der Waals surface area contributed by atoms with E-state index in [-0.39, 0.29) is 11.9 Å². The number of aryl methyl sites for hydroxylation is 1. The van der Waals surface area contributed by atoms with Crippen molar-refractivity contribution in [2.45, 2.75) is 25.9 Å². The number of carbonyl (C=O) groups excluding carboxylic acids is 1. The van der Waals surface area contributed by atoms with Gasteiger partial charge in [-0.25, -0.2) is 0 Å². The van der Waals surface area contributed by atoms with Gasteiger partial charge in [0.2, 0.25) is 17.7 Å². The van der Waals surface area contributed by atoms with E-state index >= 15 is 0 Å². The van der Waals surface area contributed by atoms with E-state index in [1.807, 2.05) is 6.92 Å². The fourth-order valence-corrected chi connectivity index (χ4v) is 2.15. The van der Waals surface area contributed by atoms with Gasteiger partial charge in [-0.2, -0.15) is 0 Å². The highest BCUT2D eigenvalue weighted by Crippen LogP contribution is 2.11. The Morgan fingerprint density at radius 2 is 2.21 bits per heavy atom. The molecule has 1 aromatic heterocycles. The summed E-state index contributed by atoms with van der Waals surface area (Å²) < 4.78 is 5.51. The van der Waals surface area contributed by atoms with Gasteiger partial charge in [0, 0.05) is 40.2 Å². The molecule has 1 saturated heterocycles. The Labute approximate surface area is 113 Å². The van der Waals surface area contributed by atoms with Crippen LogP contribution in [0.5, 0.6) is 0 Å². The quantitative estimate of drug-likeness (QED) is 0.792. The van der Waals surface area contributed by atoms with Crippen LogP contribution in [0, 0.1) is 0 Å². The number of likely N-dealkylation sites (N-methyl/N-ethyl adjacent to an activating group) is 1. The normalized spacial score (nSPS) is 20.5. The van der Waals surface area contributed by atoms with Gasteiger partial charge in [0.05, 0.1) is 6.54 Å². The number of amides is 1. The van der Waals surface area contributed by atoms with E-state index in [1.165, 1.54) is 0 Å². The third-order valence-electron chi connectivity index (χ3n) is 3.23. The molecule has 7 nitrogen and oxygen atoms in total. The fourth-order valence-electron chi connectivity index (χ4n) is 2.15. The van der Waals surface area contributed by atoms with Gasteiger partial charge in [0.1, 0.15) is 6.04 Å². The van der Waals surface area contributed by atoms with Crippen molar-refractivity contribution in [3.05, 3.63) is 11.8 Å². The molecule has 1 aliphatic heterocycles. The summed E-state index contributed by atoms with van der Waals surface area (Å²) in [5, 5.41) is 11.2. The van der Waals surface area contributed by atoms with E-state index in [4.69, 9.17) is 4.42 Å². The second-order valence-corrected chi connectivity index (χ2v) is 4.87. The number of nitrogens with zero attached hydrogens (tertiary/aromatic N) is 4. The van der Waals surface area contributed by atoms with Crippen LogP contribution in [0.4, 0.5) is 0 Å². The highest BCUT2D eigenvalue weighted by atomic mass is 16.4. The van der Waals surface area contributed by atoms with Crippen LogP contribution in [0.1, 0.15) is 18.7 Å². The average molecular weight is 267 g/mol. The van der Waals surface area contributed by atoms with Crippen molar-refractivity contribution in [3.8, 4) is 0 Å². The Kier molecular flexibility index (Phi) is 4.49. The predicted octanol–water partition coefficient (Wildman–Crippen LogP) is -0.506. The molecule has 0 aliphatic carbocycles. The third-order valence-corrected chi connectivity index (χ3v) is 3.23. The predicted molar refractivity (Wildman–Crippen MR) is 69.4 cm³/mol. The maximum absolute atomic E-state index is 12.1. The van der Waals surface area contributed by atoms with E-state index in [0.717, 1.165) is 19.5 Å². The zero-order valence-corrected chi connectivity index (χ0v) is 11.7. The second kappa shape index (κ2) is 6.12. The molecule has 1 amide bonds. The minimum Gasteiger partial charge on any atom is -0.424 e. The molecule has 0 saturated carbocycles. The number of aromatic nitrogens is 2. The summed E-state index contributed by atoms with van der Waals surface area (Å²) in [4.78, 5) is 15.8. The molecule has 106 valence electrons. The molecule has 1 aromatic rings. The van der Waals surface area contributed by atoms with Gasteiger partial charge in [-0.3, -0.25) is 9.69 Å². The molecule has 1 aliphatic rings. The lowest BCUT2D eigenvalue weighted by Crippen LogP contribution is -2.57. The molecule has 0 spiro atoms. The SMILES string of the molecule is CCc1nnc(CN2CCNCC2C(=O)N(C)C)o1. The molecular formula is C12H21N5O2. The monoisotopic (exact) mass is 267 g/mol. The van der Waals surface area contributed by atoms with Crippen LogP contribution in [-0.4, -0.2) is 65.7 Å². The Morgan fingerprint density at radius 3 is 2.84 bits per heavy atom. The van der Waals surface area contributed by atoms with Gasteiger partial charge in [-0.15, -0.1) is 10.2 Å². The Morgan fingerprint density at radius 1 is 1.47 bits per heavy atom. The summed E-state index contributed by atoms with van der Waals surface area (Å²) in [5.41, 5.74) is 0. The zero-order chi connectivity index (χ0) is 13.8. The molecule has 2 heterocycles. The van der Waals surface area contributed by atoms with Gasteiger partial charge in [-0.05, 0) is 0 Å². The number of hydrogen-bond acceptors (Lipinski definition) is 6. The Balaban J connectivity index is 2.05. The molecule has 19 heavy (non-hydrogen) atoms. The largest absolute Gasteiger partial charge is 0.424 e. The first-order chi connectivity index (χ1) is 9.11. The topological polar surface area (TPSA) is 74.5 Å². The molecule has 7 heteroatoms. The fraction of sp³-hybridized carbons (Fsp3) is 0.750. The lowest BCUT2D eigenvalue weighted by molar-refractivity contribution is -0.135. The minimum atomic E-state index is -0.166. The highest BCUT2D eigenvalue weighted by molar-refractivity contribution is 5.81. The van der Waals surface area contributed by atoms with Crippen LogP contribution in [0.3, 0.4) is 0 Å². The highest BCUT2D eigenvalue weighted by Gasteiger charge is 2.30. The molecular weight excluding hydrogens is 246 g/mol. The molecule has 1 fully saturated rings. The number of hydrogen-bond donors (Lipinski definition) is 1. The number of piperazine rings is 1. The van der Waals surface area contributed by atoms with Crippen molar-refractivity contribution in [1.29, 1.82) is 0 Å². The Bertz CT molecular complexity index is 432. The van der Waals surface area contributed by atoms with E-state index < -0.39 is 0 Å². The standard InChI is InChI=1S/C12H21N5O2/c1-4-10-14-15-11(19-10)8-17-6-5-13-7-9(17)12(18)16(2)3/h9,13H,4-8H2,1-3H3. The minimum absolute atomic E-state index is 0.0995. The molecule has 1 atom stereocenters. The molecule has 0 radical (unpaired) electrons. The van der Waals surface area contributed by atoms with Gasteiger partial charge < -0.3 is 14.6 Å². The van der Waals surface area contributed by atoms with Gasteiger partial charge in [-0.1, -0.05) is 6.92 Å². The first-order valence-corrected chi connectivity index (χ1v) is 6.59. The van der Waals surface area contributed by atoms with E-state index in [0.29, 0.717) is 24.9 Å². The van der Waals surface area contributed by atoms with E-state index in [9.17, 15) is 4.79 Å². The van der Waals surface area contributed by atoms with Crippen LogP contribution in [0.15, 0.2) is 4.42 Å². The summed E-state index contributed by atoms with van der Waals surface area (Å²) in [6, 6.07) is -0.166. The smallest absolute Gasteiger partial charge is 0.240 e. The average Bonchev–Trinajstić information content (AvgIpc) is 2.86. The first kappa shape index (κ1) is 14.0. The van der Waals surface area contributed by atoms with Gasteiger partial charge in [0.25, 0.3) is 0 Å². The molecule has 0 bridgehead atoms. The lowest BCUT2D eigenvalue weighted by atomic mass is 10.1. The lowest BCUT2D eigenvalue weighted by Gasteiger charge is -2.35. The summed E-state index contributed by atoms with van der Waals surface area (Å²) in [6.07, 6.45) is 0.731. The van der Waals surface area contributed by atoms with Crippen LogP contribution in [0.2, 0.25) is 0 Å². The van der Waals surface area contributed by atoms with Crippen LogP contribution in [-0.2, 0) is 17.8 Å². The second-order valence-electron chi connectivity index (χ2n) is 4.87. The van der Waals surface area contributed by atoms with Gasteiger partial charge in [0.15, 0.2) is 0 Å². The van der Waals surface area contributed by atoms with Crippen molar-refractivity contribution in [2.75, 3.05) is 33.7 Å². The molecule has 1 unspecified atom stereocenters. The summed E-state index contributed by atoms with van der Waals surface area (Å²) in [5.74, 6) is 1.32. The number of carbonyl (C=O) groups is 1. The number of rotatable bonds is 4. The van der Waals surface area contributed by atoms with E-state index in [1.54, 1.807) is 19.0 Å². The van der Waals surface area contributed by atoms with Crippen molar-refractivity contribution in [1.82, 2.24) is 25.3 Å². The Hall–Kier alpha value is -1.47. The maximum Gasteiger partial charge on any atom is 0.240 e. The van der Waals surface area contributed by atoms with E-state index in [2.05, 4.69) is 20.4 Å². The first-order valence-electron chi connectivity index (χ1n) is 6.59. The summed E-state index contributed by atoms with van der Waals surface area (Å²) >= 11 is 0. The molecule has 0 aromatic carbocycles. The van der Waals surface area contributed by atoms with Crippen molar-refractivity contribution in [3.63, 3.8) is 0 Å². The number of nitrogens with one attached hydrogen (secondary N) is 1. The van der Waals surface area contributed by atoms with Crippen molar-refractivity contribution < 1.29 is 9.21 Å². The molecule has 1 N–H and O–H groups in total. The van der Waals surface area contributed by atoms with Crippen molar-refractivity contribution >= 4 is 5.91 Å².